The number of thioether (sulfide) groups is 1. The molecule has 0 aliphatic carbocycles. The highest BCUT2D eigenvalue weighted by Crippen LogP contribution is 2.16. The van der Waals surface area contributed by atoms with E-state index < -0.39 is 0 Å². The van der Waals surface area contributed by atoms with Gasteiger partial charge in [-0.25, -0.2) is 9.07 Å². The highest BCUT2D eigenvalue weighted by atomic mass is 32.2. The summed E-state index contributed by atoms with van der Waals surface area (Å²) >= 11 is 1.12. The minimum Gasteiger partial charge on any atom is -0.486 e. The molecule has 0 unspecified atom stereocenters. The first-order valence-electron chi connectivity index (χ1n) is 8.03. The maximum atomic E-state index is 12.9. The van der Waals surface area contributed by atoms with E-state index in [1.54, 1.807) is 0 Å². The lowest BCUT2D eigenvalue weighted by Gasteiger charge is -2.07. The Hall–Kier alpha value is -2.82. The van der Waals surface area contributed by atoms with E-state index in [9.17, 15) is 14.0 Å². The van der Waals surface area contributed by atoms with Crippen LogP contribution in [0.1, 0.15) is 18.7 Å². The molecule has 9 nitrogen and oxygen atoms in total. The first-order chi connectivity index (χ1) is 13.0. The number of esters is 1. The Bertz CT molecular complexity index is 769. The average molecular weight is 397 g/mol. The zero-order valence-electron chi connectivity index (χ0n) is 14.7. The van der Waals surface area contributed by atoms with Crippen molar-refractivity contribution < 1.29 is 23.5 Å². The molecule has 0 saturated heterocycles. The predicted molar refractivity (Wildman–Crippen MR) is 95.9 cm³/mol. The van der Waals surface area contributed by atoms with Crippen LogP contribution in [-0.4, -0.2) is 46.2 Å². The number of benzene rings is 1. The number of hydrogen-bond donors (Lipinski definition) is 2. The second-order valence-electron chi connectivity index (χ2n) is 5.33. The van der Waals surface area contributed by atoms with E-state index in [-0.39, 0.29) is 36.5 Å². The quantitative estimate of drug-likeness (QED) is 0.262. The van der Waals surface area contributed by atoms with Crippen molar-refractivity contribution in [2.24, 2.45) is 0 Å². The van der Waals surface area contributed by atoms with Gasteiger partial charge in [-0.3, -0.25) is 9.59 Å². The van der Waals surface area contributed by atoms with Gasteiger partial charge in [-0.1, -0.05) is 11.8 Å². The zero-order chi connectivity index (χ0) is 19.6. The molecule has 1 amide bonds. The van der Waals surface area contributed by atoms with Crippen molar-refractivity contribution in [1.82, 2.24) is 20.2 Å². The van der Waals surface area contributed by atoms with E-state index in [1.807, 2.05) is 0 Å². The van der Waals surface area contributed by atoms with E-state index in [4.69, 9.17) is 10.6 Å². The number of aromatic nitrogens is 3. The first-order valence-corrected chi connectivity index (χ1v) is 9.02. The summed E-state index contributed by atoms with van der Waals surface area (Å²) in [6.07, 6.45) is 0.749. The summed E-state index contributed by atoms with van der Waals surface area (Å²) in [7, 11) is 1.32. The number of nitrogen functional groups attached to an aromatic ring is 1. The Morgan fingerprint density at radius 2 is 2.04 bits per heavy atom. The van der Waals surface area contributed by atoms with E-state index in [0.717, 1.165) is 11.8 Å². The Balaban J connectivity index is 1.73. The molecule has 0 fully saturated rings. The molecule has 1 aromatic heterocycles. The van der Waals surface area contributed by atoms with Crippen molar-refractivity contribution in [3.8, 4) is 5.75 Å². The molecular formula is C16H20FN5O4S. The smallest absolute Gasteiger partial charge is 0.305 e. The van der Waals surface area contributed by atoms with Crippen LogP contribution < -0.4 is 15.9 Å². The molecule has 0 radical (unpaired) electrons. The fourth-order valence-electron chi connectivity index (χ4n) is 1.93. The number of nitrogens with zero attached hydrogens (tertiary/aromatic N) is 3. The van der Waals surface area contributed by atoms with Crippen LogP contribution in [0, 0.1) is 5.82 Å². The molecule has 0 saturated carbocycles. The van der Waals surface area contributed by atoms with Gasteiger partial charge in [-0.15, -0.1) is 10.2 Å². The van der Waals surface area contributed by atoms with Crippen LogP contribution in [0.5, 0.6) is 5.75 Å². The summed E-state index contributed by atoms with van der Waals surface area (Å²) in [6, 6.07) is 5.56. The minimum atomic E-state index is -0.355. The van der Waals surface area contributed by atoms with Crippen LogP contribution in [0.2, 0.25) is 0 Å². The van der Waals surface area contributed by atoms with Crippen molar-refractivity contribution >= 4 is 23.6 Å². The molecule has 27 heavy (non-hydrogen) atoms. The molecule has 11 heteroatoms. The second-order valence-corrected chi connectivity index (χ2v) is 6.27. The van der Waals surface area contributed by atoms with Crippen molar-refractivity contribution in [1.29, 1.82) is 0 Å². The SMILES string of the molecule is COC(=O)CCCNC(=O)CSc1nnc(COc2ccc(F)cc2)n1N. The van der Waals surface area contributed by atoms with Crippen LogP contribution in [0.15, 0.2) is 29.4 Å². The van der Waals surface area contributed by atoms with Gasteiger partial charge in [0, 0.05) is 13.0 Å². The normalized spacial score (nSPS) is 10.4. The fourth-order valence-corrected chi connectivity index (χ4v) is 2.63. The third-order valence-electron chi connectivity index (χ3n) is 3.36. The molecule has 2 aromatic rings. The number of nitrogens with two attached hydrogens (primary N) is 1. The summed E-state index contributed by atoms with van der Waals surface area (Å²) in [5.74, 6) is 5.95. The summed E-state index contributed by atoms with van der Waals surface area (Å²) in [5.41, 5.74) is 0. The third-order valence-corrected chi connectivity index (χ3v) is 4.30. The van der Waals surface area contributed by atoms with Crippen LogP contribution in [0.3, 0.4) is 0 Å². The van der Waals surface area contributed by atoms with Crippen LogP contribution in [0.25, 0.3) is 0 Å². The lowest BCUT2D eigenvalue weighted by atomic mass is 10.3. The maximum Gasteiger partial charge on any atom is 0.305 e. The molecule has 0 aliphatic rings. The molecule has 1 heterocycles. The lowest BCUT2D eigenvalue weighted by molar-refractivity contribution is -0.140. The number of carbonyl (C=O) groups is 2. The Morgan fingerprint density at radius 1 is 1.30 bits per heavy atom. The molecule has 2 rings (SSSR count). The van der Waals surface area contributed by atoms with Gasteiger partial charge in [-0.2, -0.15) is 0 Å². The number of amides is 1. The maximum absolute atomic E-state index is 12.9. The van der Waals surface area contributed by atoms with Gasteiger partial charge in [0.1, 0.15) is 18.2 Å². The number of hydrogen-bond acceptors (Lipinski definition) is 8. The number of nitrogens with one attached hydrogen (secondary N) is 1. The molecule has 0 atom stereocenters. The Labute approximate surface area is 159 Å². The van der Waals surface area contributed by atoms with Gasteiger partial charge in [0.05, 0.1) is 12.9 Å². The van der Waals surface area contributed by atoms with E-state index in [0.29, 0.717) is 29.7 Å². The van der Waals surface area contributed by atoms with Crippen LogP contribution in [-0.2, 0) is 20.9 Å². The monoisotopic (exact) mass is 397 g/mol. The molecule has 0 aliphatic heterocycles. The standard InChI is InChI=1S/C16H20FN5O4S/c1-25-15(24)3-2-8-19-14(23)10-27-16-21-20-13(22(16)18)9-26-12-6-4-11(17)5-7-12/h4-7H,2-3,8-10,18H2,1H3,(H,19,23). The Morgan fingerprint density at radius 3 is 2.74 bits per heavy atom. The van der Waals surface area contributed by atoms with Crippen molar-refractivity contribution in [3.63, 3.8) is 0 Å². The van der Waals surface area contributed by atoms with Crippen molar-refractivity contribution in [2.45, 2.75) is 24.6 Å². The van der Waals surface area contributed by atoms with Crippen molar-refractivity contribution in [3.05, 3.63) is 35.9 Å². The first kappa shape index (κ1) is 20.5. The summed E-state index contributed by atoms with van der Waals surface area (Å²) in [4.78, 5) is 22.8. The van der Waals surface area contributed by atoms with Gasteiger partial charge in [-0.05, 0) is 30.7 Å². The van der Waals surface area contributed by atoms with E-state index in [1.165, 1.54) is 36.1 Å². The van der Waals surface area contributed by atoms with Gasteiger partial charge >= 0.3 is 5.97 Å². The van der Waals surface area contributed by atoms with Gasteiger partial charge in [0.25, 0.3) is 0 Å². The largest absolute Gasteiger partial charge is 0.486 e. The highest BCUT2D eigenvalue weighted by molar-refractivity contribution is 7.99. The second kappa shape index (κ2) is 10.4. The molecule has 0 bridgehead atoms. The molecule has 146 valence electrons. The lowest BCUT2D eigenvalue weighted by Crippen LogP contribution is -2.27. The van der Waals surface area contributed by atoms with Crippen LogP contribution in [0.4, 0.5) is 4.39 Å². The number of carbonyl (C=O) groups excluding carboxylic acids is 2. The Kier molecular flexibility index (Phi) is 7.86. The molecule has 0 spiro atoms. The average Bonchev–Trinajstić information content (AvgIpc) is 3.02. The fraction of sp³-hybridized carbons (Fsp3) is 0.375. The summed E-state index contributed by atoms with van der Waals surface area (Å²) in [5, 5.41) is 10.9. The van der Waals surface area contributed by atoms with Gasteiger partial charge in [0.15, 0.2) is 5.82 Å². The molecular weight excluding hydrogens is 377 g/mol. The zero-order valence-corrected chi connectivity index (χ0v) is 15.5. The topological polar surface area (TPSA) is 121 Å². The number of halogens is 1. The third kappa shape index (κ3) is 6.77. The molecule has 3 N–H and O–H groups in total. The number of methoxy groups -OCH3 is 1. The van der Waals surface area contributed by atoms with Gasteiger partial charge in [0.2, 0.25) is 11.1 Å². The van der Waals surface area contributed by atoms with E-state index >= 15 is 0 Å². The number of ether oxygens (including phenoxy) is 2. The van der Waals surface area contributed by atoms with Gasteiger partial charge < -0.3 is 20.6 Å². The number of rotatable bonds is 10. The summed E-state index contributed by atoms with van der Waals surface area (Å²) in [6.45, 7) is 0.427. The van der Waals surface area contributed by atoms with Crippen molar-refractivity contribution in [2.75, 3.05) is 25.3 Å². The molecule has 1 aromatic carbocycles. The van der Waals surface area contributed by atoms with E-state index in [2.05, 4.69) is 20.3 Å². The minimum absolute atomic E-state index is 0.0510. The highest BCUT2D eigenvalue weighted by Gasteiger charge is 2.13. The predicted octanol–water partition coefficient (Wildman–Crippen LogP) is 0.871. The van der Waals surface area contributed by atoms with Crippen LogP contribution >= 0.6 is 11.8 Å². The summed E-state index contributed by atoms with van der Waals surface area (Å²) < 4.78 is 24.1.